The van der Waals surface area contributed by atoms with Crippen LogP contribution in [-0.2, 0) is 4.79 Å². The molecule has 1 amide bonds. The van der Waals surface area contributed by atoms with E-state index >= 15 is 0 Å². The summed E-state index contributed by atoms with van der Waals surface area (Å²) in [7, 11) is 0. The lowest BCUT2D eigenvalue weighted by atomic mass is 10.0. The number of nitrogens with one attached hydrogen (secondary N) is 2. The molecule has 0 aliphatic carbocycles. The van der Waals surface area contributed by atoms with Crippen LogP contribution in [0.4, 0.5) is 0 Å². The Morgan fingerprint density at radius 1 is 0.741 bits per heavy atom. The number of carbonyl (C=O) groups excluding carboxylic acids is 1. The topological polar surface area (TPSA) is 61.4 Å². The van der Waals surface area contributed by atoms with Crippen molar-refractivity contribution >= 4 is 5.91 Å². The van der Waals surface area contributed by atoms with Gasteiger partial charge in [-0.15, -0.1) is 0 Å². The second-order valence-corrected chi connectivity index (χ2v) is 8.25. The number of hydrogen-bond acceptors (Lipinski definition) is 3. The molecule has 27 heavy (non-hydrogen) atoms. The molecular formula is C23H48N2O2. The number of aliphatic hydroxyl groups excluding tert-OH is 1. The quantitative estimate of drug-likeness (QED) is 0.187. The van der Waals surface area contributed by atoms with Gasteiger partial charge in [-0.3, -0.25) is 10.1 Å². The van der Waals surface area contributed by atoms with Crippen LogP contribution >= 0.6 is 0 Å². The highest BCUT2D eigenvalue weighted by Crippen LogP contribution is 2.13. The van der Waals surface area contributed by atoms with Gasteiger partial charge in [0.25, 0.3) is 0 Å². The maximum atomic E-state index is 11.8. The van der Waals surface area contributed by atoms with E-state index < -0.39 is 0 Å². The molecule has 4 heteroatoms. The number of hydrogen-bond donors (Lipinski definition) is 3. The molecule has 0 aromatic rings. The van der Waals surface area contributed by atoms with Crippen LogP contribution in [0.3, 0.4) is 0 Å². The third-order valence-corrected chi connectivity index (χ3v) is 5.10. The first-order chi connectivity index (χ1) is 13.1. The lowest BCUT2D eigenvalue weighted by Gasteiger charge is -2.16. The molecule has 0 saturated heterocycles. The highest BCUT2D eigenvalue weighted by atomic mass is 16.3. The Morgan fingerprint density at radius 2 is 1.15 bits per heavy atom. The molecule has 0 rings (SSSR count). The van der Waals surface area contributed by atoms with Gasteiger partial charge in [-0.25, -0.2) is 0 Å². The fourth-order valence-corrected chi connectivity index (χ4v) is 3.37. The smallest absolute Gasteiger partial charge is 0.221 e. The summed E-state index contributed by atoms with van der Waals surface area (Å²) in [5.74, 6) is 0.107. The summed E-state index contributed by atoms with van der Waals surface area (Å²) in [6.45, 7) is 6.42. The standard InChI is InChI=1S/C23H48N2O2/c1-4-5-6-7-8-9-10-11-12-13-14-15-16-17-18-19-23(27)25-22(3)24-20-21(2)26/h21-22,24,26H,4-20H2,1-3H3,(H,25,27). The third-order valence-electron chi connectivity index (χ3n) is 5.10. The van der Waals surface area contributed by atoms with Crippen molar-refractivity contribution in [2.24, 2.45) is 0 Å². The third kappa shape index (κ3) is 21.5. The lowest BCUT2D eigenvalue weighted by molar-refractivity contribution is -0.122. The van der Waals surface area contributed by atoms with Gasteiger partial charge in [0.15, 0.2) is 0 Å². The van der Waals surface area contributed by atoms with Gasteiger partial charge < -0.3 is 10.4 Å². The van der Waals surface area contributed by atoms with Crippen LogP contribution in [0, 0.1) is 0 Å². The Kier molecular flexibility index (Phi) is 19.7. The summed E-state index contributed by atoms with van der Waals surface area (Å²) in [6.07, 6.45) is 20.3. The van der Waals surface area contributed by atoms with Crippen LogP contribution in [0.2, 0.25) is 0 Å². The van der Waals surface area contributed by atoms with Gasteiger partial charge in [-0.2, -0.15) is 0 Å². The van der Waals surface area contributed by atoms with E-state index in [0.717, 1.165) is 12.8 Å². The summed E-state index contributed by atoms with van der Waals surface area (Å²) in [4.78, 5) is 11.8. The Labute approximate surface area is 169 Å². The van der Waals surface area contributed by atoms with Crippen molar-refractivity contribution in [2.75, 3.05) is 6.54 Å². The largest absolute Gasteiger partial charge is 0.392 e. The van der Waals surface area contributed by atoms with Crippen molar-refractivity contribution < 1.29 is 9.90 Å². The fraction of sp³-hybridized carbons (Fsp3) is 0.957. The van der Waals surface area contributed by atoms with Crippen molar-refractivity contribution in [3.8, 4) is 0 Å². The van der Waals surface area contributed by atoms with Gasteiger partial charge in [-0.1, -0.05) is 96.8 Å². The molecule has 2 atom stereocenters. The minimum absolute atomic E-state index is 0.0801. The Morgan fingerprint density at radius 3 is 1.56 bits per heavy atom. The van der Waals surface area contributed by atoms with E-state index in [-0.39, 0.29) is 18.2 Å². The van der Waals surface area contributed by atoms with Crippen molar-refractivity contribution in [1.82, 2.24) is 10.6 Å². The molecule has 0 bridgehead atoms. The molecule has 0 fully saturated rings. The number of carbonyl (C=O) groups is 1. The van der Waals surface area contributed by atoms with E-state index in [0.29, 0.717) is 13.0 Å². The summed E-state index contributed by atoms with van der Waals surface area (Å²) < 4.78 is 0. The van der Waals surface area contributed by atoms with Crippen molar-refractivity contribution in [1.29, 1.82) is 0 Å². The zero-order valence-corrected chi connectivity index (χ0v) is 18.5. The molecule has 0 spiro atoms. The number of unbranched alkanes of at least 4 members (excludes halogenated alkanes) is 14. The normalized spacial score (nSPS) is 13.5. The first-order valence-electron chi connectivity index (χ1n) is 11.8. The molecular weight excluding hydrogens is 336 g/mol. The van der Waals surface area contributed by atoms with Gasteiger partial charge in [0.1, 0.15) is 0 Å². The number of amides is 1. The first-order valence-corrected chi connectivity index (χ1v) is 11.8. The molecule has 0 aromatic carbocycles. The highest BCUT2D eigenvalue weighted by molar-refractivity contribution is 5.76. The molecule has 0 saturated carbocycles. The summed E-state index contributed by atoms with van der Waals surface area (Å²) in [5, 5.41) is 15.2. The zero-order valence-electron chi connectivity index (χ0n) is 18.5. The monoisotopic (exact) mass is 384 g/mol. The van der Waals surface area contributed by atoms with E-state index in [9.17, 15) is 9.90 Å². The Balaban J connectivity index is 3.23. The summed E-state index contributed by atoms with van der Waals surface area (Å²) in [5.41, 5.74) is 0. The van der Waals surface area contributed by atoms with E-state index in [1.807, 2.05) is 6.92 Å². The number of rotatable bonds is 20. The minimum atomic E-state index is -0.389. The summed E-state index contributed by atoms with van der Waals surface area (Å²) >= 11 is 0. The number of aliphatic hydroxyl groups is 1. The van der Waals surface area contributed by atoms with Crippen LogP contribution in [0.5, 0.6) is 0 Å². The molecule has 0 radical (unpaired) electrons. The highest BCUT2D eigenvalue weighted by Gasteiger charge is 2.07. The van der Waals surface area contributed by atoms with Gasteiger partial charge >= 0.3 is 0 Å². The average molecular weight is 385 g/mol. The average Bonchev–Trinajstić information content (AvgIpc) is 2.63. The van der Waals surface area contributed by atoms with Gasteiger partial charge in [-0.05, 0) is 20.3 Å². The molecule has 3 N–H and O–H groups in total. The Bertz CT molecular complexity index is 322. The minimum Gasteiger partial charge on any atom is -0.392 e. The van der Waals surface area contributed by atoms with E-state index in [4.69, 9.17) is 0 Å². The van der Waals surface area contributed by atoms with Crippen LogP contribution in [0.25, 0.3) is 0 Å². The maximum Gasteiger partial charge on any atom is 0.221 e. The van der Waals surface area contributed by atoms with E-state index in [1.165, 1.54) is 83.5 Å². The molecule has 4 nitrogen and oxygen atoms in total. The molecule has 0 aromatic heterocycles. The SMILES string of the molecule is CCCCCCCCCCCCCCCCCC(=O)NC(C)NCC(C)O. The van der Waals surface area contributed by atoms with Crippen LogP contribution < -0.4 is 10.6 Å². The summed E-state index contributed by atoms with van der Waals surface area (Å²) in [6, 6.07) is 0. The van der Waals surface area contributed by atoms with Gasteiger partial charge in [0.05, 0.1) is 12.3 Å². The van der Waals surface area contributed by atoms with Crippen LogP contribution in [-0.4, -0.2) is 29.8 Å². The van der Waals surface area contributed by atoms with Crippen LogP contribution in [0.15, 0.2) is 0 Å². The Hall–Kier alpha value is -0.610. The first kappa shape index (κ1) is 26.4. The zero-order chi connectivity index (χ0) is 20.2. The second kappa shape index (κ2) is 20.1. The molecule has 0 heterocycles. The van der Waals surface area contributed by atoms with Gasteiger partial charge in [0.2, 0.25) is 5.91 Å². The molecule has 0 aliphatic heterocycles. The predicted molar refractivity (Wildman–Crippen MR) is 117 cm³/mol. The molecule has 2 unspecified atom stereocenters. The molecule has 162 valence electrons. The van der Waals surface area contributed by atoms with Crippen molar-refractivity contribution in [2.45, 2.75) is 136 Å². The second-order valence-electron chi connectivity index (χ2n) is 8.25. The molecule has 0 aliphatic rings. The van der Waals surface area contributed by atoms with Crippen LogP contribution in [0.1, 0.15) is 124 Å². The van der Waals surface area contributed by atoms with Gasteiger partial charge in [0, 0.05) is 13.0 Å². The predicted octanol–water partition coefficient (Wildman–Crippen LogP) is 5.68. The van der Waals surface area contributed by atoms with E-state index in [1.54, 1.807) is 6.92 Å². The lowest BCUT2D eigenvalue weighted by Crippen LogP contribution is -2.45. The van der Waals surface area contributed by atoms with E-state index in [2.05, 4.69) is 17.6 Å². The fourth-order valence-electron chi connectivity index (χ4n) is 3.37. The maximum absolute atomic E-state index is 11.8. The van der Waals surface area contributed by atoms with Crippen molar-refractivity contribution in [3.63, 3.8) is 0 Å². The van der Waals surface area contributed by atoms with Crippen molar-refractivity contribution in [3.05, 3.63) is 0 Å².